The van der Waals surface area contributed by atoms with Crippen LogP contribution in [0.15, 0.2) is 0 Å². The number of unbranched alkanes of at least 4 members (excludes halogenated alkanes) is 11. The molecule has 0 aromatic carbocycles. The monoisotopic (exact) mass is 472 g/mol. The summed E-state index contributed by atoms with van der Waals surface area (Å²) < 4.78 is 0. The molecule has 0 heterocycles. The minimum absolute atomic E-state index is 0.102. The van der Waals surface area contributed by atoms with Gasteiger partial charge in [-0.15, -0.1) is 0 Å². The smallest absolute Gasteiger partial charge is 0.326 e. The highest BCUT2D eigenvalue weighted by Gasteiger charge is 2.20. The maximum atomic E-state index is 12.0. The Morgan fingerprint density at radius 3 is 1.42 bits per heavy atom. The first-order valence-corrected chi connectivity index (χ1v) is 11.9. The van der Waals surface area contributed by atoms with Gasteiger partial charge < -0.3 is 26.0 Å². The lowest BCUT2D eigenvalue weighted by molar-refractivity contribution is -0.142. The van der Waals surface area contributed by atoms with Crippen LogP contribution in [0.4, 0.5) is 0 Å². The number of nitrogens with one attached hydrogen (secondary N) is 2. The molecule has 1 atom stereocenters. The Labute approximate surface area is 195 Å². The second-order valence-corrected chi connectivity index (χ2v) is 8.30. The average Bonchev–Trinajstić information content (AvgIpc) is 2.74. The highest BCUT2D eigenvalue weighted by atomic mass is 16.4. The van der Waals surface area contributed by atoms with Crippen molar-refractivity contribution in [1.82, 2.24) is 10.6 Å². The SMILES string of the molecule is O=C(O)CCCCCCCCCCCCCCC(=O)NC(CCC(=O)NCC(=O)O)C(=O)O. The van der Waals surface area contributed by atoms with Crippen molar-refractivity contribution >= 4 is 29.7 Å². The molecule has 10 nitrogen and oxygen atoms in total. The zero-order valence-electron chi connectivity index (χ0n) is 19.5. The Balaban J connectivity index is 3.67. The van der Waals surface area contributed by atoms with Crippen LogP contribution in [0.25, 0.3) is 0 Å². The van der Waals surface area contributed by atoms with Crippen LogP contribution in [0.5, 0.6) is 0 Å². The molecule has 2 amide bonds. The highest BCUT2D eigenvalue weighted by molar-refractivity contribution is 5.85. The van der Waals surface area contributed by atoms with Gasteiger partial charge in [-0.1, -0.05) is 64.2 Å². The number of aliphatic carboxylic acids is 3. The van der Waals surface area contributed by atoms with E-state index in [1.54, 1.807) is 0 Å². The van der Waals surface area contributed by atoms with E-state index in [0.29, 0.717) is 6.42 Å². The summed E-state index contributed by atoms with van der Waals surface area (Å²) in [5, 5.41) is 30.8. The summed E-state index contributed by atoms with van der Waals surface area (Å²) >= 11 is 0. The first-order valence-electron chi connectivity index (χ1n) is 11.9. The molecule has 0 rings (SSSR count). The topological polar surface area (TPSA) is 170 Å². The number of hydrogen-bond acceptors (Lipinski definition) is 5. The largest absolute Gasteiger partial charge is 0.481 e. The van der Waals surface area contributed by atoms with Crippen molar-refractivity contribution < 1.29 is 39.3 Å². The number of carbonyl (C=O) groups is 5. The molecule has 33 heavy (non-hydrogen) atoms. The number of hydrogen-bond donors (Lipinski definition) is 5. The van der Waals surface area contributed by atoms with E-state index < -0.39 is 36.4 Å². The Kier molecular flexibility index (Phi) is 18.4. The lowest BCUT2D eigenvalue weighted by Gasteiger charge is -2.14. The number of rotatable bonds is 22. The molecule has 1 unspecified atom stereocenters. The first-order chi connectivity index (χ1) is 15.7. The summed E-state index contributed by atoms with van der Waals surface area (Å²) in [5.41, 5.74) is 0. The zero-order chi connectivity index (χ0) is 24.9. The van der Waals surface area contributed by atoms with E-state index in [1.807, 2.05) is 0 Å². The van der Waals surface area contributed by atoms with Gasteiger partial charge in [0.05, 0.1) is 0 Å². The quantitative estimate of drug-likeness (QED) is 0.150. The molecule has 0 aliphatic rings. The number of carbonyl (C=O) groups excluding carboxylic acids is 2. The Hall–Kier alpha value is -2.65. The van der Waals surface area contributed by atoms with Crippen LogP contribution in [0.3, 0.4) is 0 Å². The molecular formula is C23H40N2O8. The van der Waals surface area contributed by atoms with Gasteiger partial charge in [-0.25, -0.2) is 4.79 Å². The number of carboxylic acids is 3. The summed E-state index contributed by atoms with van der Waals surface area (Å²) in [6.07, 6.45) is 12.6. The molecule has 10 heteroatoms. The van der Waals surface area contributed by atoms with E-state index in [-0.39, 0.29) is 31.6 Å². The van der Waals surface area contributed by atoms with Crippen LogP contribution in [-0.4, -0.2) is 57.6 Å². The predicted molar refractivity (Wildman–Crippen MR) is 122 cm³/mol. The lowest BCUT2D eigenvalue weighted by atomic mass is 10.0. The fourth-order valence-corrected chi connectivity index (χ4v) is 3.39. The van der Waals surface area contributed by atoms with E-state index in [0.717, 1.165) is 51.4 Å². The van der Waals surface area contributed by atoms with E-state index in [9.17, 15) is 29.1 Å². The molecule has 0 spiro atoms. The predicted octanol–water partition coefficient (Wildman–Crippen LogP) is 3.08. The molecule has 0 aromatic rings. The fraction of sp³-hybridized carbons (Fsp3) is 0.783. The second-order valence-electron chi connectivity index (χ2n) is 8.30. The fourth-order valence-electron chi connectivity index (χ4n) is 3.39. The van der Waals surface area contributed by atoms with Crippen LogP contribution >= 0.6 is 0 Å². The van der Waals surface area contributed by atoms with Crippen molar-refractivity contribution in [2.24, 2.45) is 0 Å². The van der Waals surface area contributed by atoms with Crippen LogP contribution in [0, 0.1) is 0 Å². The van der Waals surface area contributed by atoms with Crippen molar-refractivity contribution in [2.45, 2.75) is 109 Å². The summed E-state index contributed by atoms with van der Waals surface area (Å²) in [6, 6.07) is -1.18. The van der Waals surface area contributed by atoms with E-state index in [1.165, 1.54) is 19.3 Å². The molecule has 5 N–H and O–H groups in total. The zero-order valence-corrected chi connectivity index (χ0v) is 19.5. The van der Waals surface area contributed by atoms with Crippen molar-refractivity contribution in [3.8, 4) is 0 Å². The van der Waals surface area contributed by atoms with Gasteiger partial charge in [0.15, 0.2) is 0 Å². The summed E-state index contributed by atoms with van der Waals surface area (Å²) in [6.45, 7) is -0.529. The third-order valence-electron chi connectivity index (χ3n) is 5.27. The van der Waals surface area contributed by atoms with Gasteiger partial charge >= 0.3 is 17.9 Å². The van der Waals surface area contributed by atoms with Gasteiger partial charge in [0, 0.05) is 19.3 Å². The van der Waals surface area contributed by atoms with E-state index in [2.05, 4.69) is 10.6 Å². The van der Waals surface area contributed by atoms with Crippen LogP contribution in [0.1, 0.15) is 103 Å². The third-order valence-corrected chi connectivity index (χ3v) is 5.27. The van der Waals surface area contributed by atoms with E-state index >= 15 is 0 Å². The molecule has 0 saturated heterocycles. The molecule has 190 valence electrons. The normalized spacial score (nSPS) is 11.5. The van der Waals surface area contributed by atoms with Gasteiger partial charge in [-0.2, -0.15) is 0 Å². The number of amides is 2. The standard InChI is InChI=1S/C23H40N2O8/c26-19(24-17-22(30)31)16-15-18(23(32)33)25-20(27)13-11-9-7-5-3-1-2-4-6-8-10-12-14-21(28)29/h18H,1-17H2,(H,24,26)(H,25,27)(H,28,29)(H,30,31)(H,32,33). The maximum absolute atomic E-state index is 12.0. The number of carboxylic acid groups (broad SMARTS) is 3. The molecule has 0 bridgehead atoms. The van der Waals surface area contributed by atoms with Crippen LogP contribution in [-0.2, 0) is 24.0 Å². The Morgan fingerprint density at radius 1 is 0.545 bits per heavy atom. The molecule has 0 radical (unpaired) electrons. The molecule has 0 aliphatic carbocycles. The molecule has 0 aromatic heterocycles. The van der Waals surface area contributed by atoms with Gasteiger partial charge in [-0.05, 0) is 19.3 Å². The van der Waals surface area contributed by atoms with Crippen molar-refractivity contribution in [2.75, 3.05) is 6.54 Å². The summed E-state index contributed by atoms with van der Waals surface area (Å²) in [5.74, 6) is -4.08. The minimum Gasteiger partial charge on any atom is -0.481 e. The summed E-state index contributed by atoms with van der Waals surface area (Å²) in [4.78, 5) is 55.5. The van der Waals surface area contributed by atoms with E-state index in [4.69, 9.17) is 10.2 Å². The molecule has 0 aliphatic heterocycles. The Bertz CT molecular complexity index is 609. The van der Waals surface area contributed by atoms with Gasteiger partial charge in [0.2, 0.25) is 11.8 Å². The van der Waals surface area contributed by atoms with Crippen LogP contribution in [0.2, 0.25) is 0 Å². The third kappa shape index (κ3) is 21.0. The van der Waals surface area contributed by atoms with Gasteiger partial charge in [0.25, 0.3) is 0 Å². The van der Waals surface area contributed by atoms with Crippen molar-refractivity contribution in [1.29, 1.82) is 0 Å². The second kappa shape index (κ2) is 20.0. The summed E-state index contributed by atoms with van der Waals surface area (Å²) in [7, 11) is 0. The highest BCUT2D eigenvalue weighted by Crippen LogP contribution is 2.13. The lowest BCUT2D eigenvalue weighted by Crippen LogP contribution is -2.41. The van der Waals surface area contributed by atoms with Crippen LogP contribution < -0.4 is 10.6 Å². The maximum Gasteiger partial charge on any atom is 0.326 e. The molecule has 0 fully saturated rings. The first kappa shape index (κ1) is 30.4. The molecule has 0 saturated carbocycles. The van der Waals surface area contributed by atoms with Crippen molar-refractivity contribution in [3.05, 3.63) is 0 Å². The van der Waals surface area contributed by atoms with Gasteiger partial charge in [0.1, 0.15) is 12.6 Å². The molecular weight excluding hydrogens is 432 g/mol. The Morgan fingerprint density at radius 2 is 1.00 bits per heavy atom. The van der Waals surface area contributed by atoms with Crippen molar-refractivity contribution in [3.63, 3.8) is 0 Å². The average molecular weight is 473 g/mol. The minimum atomic E-state index is -1.23. The van der Waals surface area contributed by atoms with Gasteiger partial charge in [-0.3, -0.25) is 19.2 Å².